The minimum Gasteiger partial charge on any atom is -0.274 e. The molecule has 0 spiro atoms. The van der Waals surface area contributed by atoms with E-state index in [1.807, 2.05) is 35.2 Å². The lowest BCUT2D eigenvalue weighted by Gasteiger charge is -2.38. The van der Waals surface area contributed by atoms with Gasteiger partial charge in [0.15, 0.2) is 0 Å². The van der Waals surface area contributed by atoms with Gasteiger partial charge in [-0.1, -0.05) is 107 Å². The van der Waals surface area contributed by atoms with Gasteiger partial charge in [-0.2, -0.15) is 0 Å². The molecule has 3 aromatic carbocycles. The molecular formula is C24H19NOS3. The Morgan fingerprint density at radius 1 is 0.966 bits per heavy atom. The molecule has 29 heavy (non-hydrogen) atoms. The molecule has 2 heterocycles. The summed E-state index contributed by atoms with van der Waals surface area (Å²) in [6.07, 6.45) is 0.352. The van der Waals surface area contributed by atoms with E-state index in [1.165, 1.54) is 0 Å². The Kier molecular flexibility index (Phi) is 4.42. The van der Waals surface area contributed by atoms with Crippen LogP contribution < -0.4 is 4.90 Å². The molecule has 2 nitrogen and oxygen atoms in total. The predicted molar refractivity (Wildman–Crippen MR) is 126 cm³/mol. The van der Waals surface area contributed by atoms with Gasteiger partial charge in [-0.05, 0) is 28.0 Å². The Morgan fingerprint density at radius 2 is 1.69 bits per heavy atom. The number of anilines is 2. The third kappa shape index (κ3) is 2.88. The second-order valence-electron chi connectivity index (χ2n) is 7.82. The van der Waals surface area contributed by atoms with Crippen LogP contribution in [0.3, 0.4) is 0 Å². The van der Waals surface area contributed by atoms with Gasteiger partial charge in [0.1, 0.15) is 8.82 Å². The second-order valence-corrected chi connectivity index (χ2v) is 10.6. The number of amides is 1. The highest BCUT2D eigenvalue weighted by atomic mass is 32.9. The Morgan fingerprint density at radius 3 is 2.55 bits per heavy atom. The molecule has 0 bridgehead atoms. The molecule has 5 heteroatoms. The van der Waals surface area contributed by atoms with Crippen molar-refractivity contribution in [2.24, 2.45) is 0 Å². The van der Waals surface area contributed by atoms with Crippen molar-refractivity contribution in [2.75, 3.05) is 4.90 Å². The van der Waals surface area contributed by atoms with E-state index in [9.17, 15) is 4.79 Å². The van der Waals surface area contributed by atoms with Crippen LogP contribution in [0.5, 0.6) is 0 Å². The normalized spacial score (nSPS) is 14.5. The minimum absolute atomic E-state index is 0.0783. The van der Waals surface area contributed by atoms with Gasteiger partial charge in [0.2, 0.25) is 5.91 Å². The van der Waals surface area contributed by atoms with E-state index >= 15 is 0 Å². The SMILES string of the molecule is CC1(C)c2ccccc2N(C(=O)Cc2cccc3ccccc23)c2ssc(=S)c21. The average Bonchev–Trinajstić information content (AvgIpc) is 3.11. The summed E-state index contributed by atoms with van der Waals surface area (Å²) < 4.78 is 0.882. The lowest BCUT2D eigenvalue weighted by molar-refractivity contribution is -0.117. The van der Waals surface area contributed by atoms with E-state index in [2.05, 4.69) is 50.2 Å². The van der Waals surface area contributed by atoms with Crippen molar-refractivity contribution in [1.29, 1.82) is 0 Å². The Labute approximate surface area is 182 Å². The summed E-state index contributed by atoms with van der Waals surface area (Å²) in [5.74, 6) is 0.0783. The molecule has 0 atom stereocenters. The van der Waals surface area contributed by atoms with Gasteiger partial charge in [-0.15, -0.1) is 0 Å². The van der Waals surface area contributed by atoms with Crippen LogP contribution in [0.15, 0.2) is 66.7 Å². The molecule has 0 saturated heterocycles. The fourth-order valence-corrected chi connectivity index (χ4v) is 7.58. The number of carbonyl (C=O) groups excluding carboxylic acids is 1. The maximum atomic E-state index is 13.7. The van der Waals surface area contributed by atoms with Crippen LogP contribution in [0, 0.1) is 3.82 Å². The molecule has 0 unspecified atom stereocenters. The van der Waals surface area contributed by atoms with Crippen molar-refractivity contribution < 1.29 is 4.79 Å². The maximum Gasteiger partial charge on any atom is 0.236 e. The Bertz CT molecular complexity index is 1310. The lowest BCUT2D eigenvalue weighted by atomic mass is 9.76. The number of fused-ring (bicyclic) bond motifs is 3. The van der Waals surface area contributed by atoms with Gasteiger partial charge in [0.05, 0.1) is 12.1 Å². The first-order valence-corrected chi connectivity index (χ1v) is 12.1. The lowest BCUT2D eigenvalue weighted by Crippen LogP contribution is -2.36. The van der Waals surface area contributed by atoms with Crippen LogP contribution in [0.4, 0.5) is 10.7 Å². The van der Waals surface area contributed by atoms with Crippen LogP contribution in [-0.2, 0) is 16.6 Å². The number of hydrogen-bond donors (Lipinski definition) is 0. The van der Waals surface area contributed by atoms with E-state index < -0.39 is 0 Å². The summed E-state index contributed by atoms with van der Waals surface area (Å²) in [4.78, 5) is 15.6. The smallest absolute Gasteiger partial charge is 0.236 e. The van der Waals surface area contributed by atoms with Crippen LogP contribution in [0.1, 0.15) is 30.5 Å². The number of benzene rings is 3. The van der Waals surface area contributed by atoms with Gasteiger partial charge >= 0.3 is 0 Å². The highest BCUT2D eigenvalue weighted by Crippen LogP contribution is 2.53. The number of rotatable bonds is 2. The first-order chi connectivity index (χ1) is 14.0. The molecule has 1 aliphatic rings. The summed E-state index contributed by atoms with van der Waals surface area (Å²) in [6, 6.07) is 22.6. The number of carbonyl (C=O) groups is 1. The Hall–Kier alpha value is -2.34. The van der Waals surface area contributed by atoms with Crippen molar-refractivity contribution in [3.8, 4) is 0 Å². The zero-order valence-electron chi connectivity index (χ0n) is 16.1. The molecule has 0 N–H and O–H groups in total. The van der Waals surface area contributed by atoms with Crippen LogP contribution in [-0.4, -0.2) is 5.91 Å². The maximum absolute atomic E-state index is 13.7. The monoisotopic (exact) mass is 433 g/mol. The molecular weight excluding hydrogens is 414 g/mol. The van der Waals surface area contributed by atoms with Crippen molar-refractivity contribution in [2.45, 2.75) is 25.7 Å². The van der Waals surface area contributed by atoms with Crippen molar-refractivity contribution in [3.63, 3.8) is 0 Å². The van der Waals surface area contributed by atoms with Crippen molar-refractivity contribution in [3.05, 3.63) is 87.2 Å². The van der Waals surface area contributed by atoms with Crippen LogP contribution in [0.25, 0.3) is 10.8 Å². The molecule has 1 aromatic heterocycles. The Balaban J connectivity index is 1.65. The molecule has 1 amide bonds. The molecule has 144 valence electrons. The summed E-state index contributed by atoms with van der Waals surface area (Å²) in [5.41, 5.74) is 4.06. The first-order valence-electron chi connectivity index (χ1n) is 9.51. The van der Waals surface area contributed by atoms with Gasteiger partial charge in [-0.25, -0.2) is 0 Å². The zero-order valence-corrected chi connectivity index (χ0v) is 18.6. The van der Waals surface area contributed by atoms with Crippen molar-refractivity contribution >= 4 is 60.3 Å². The van der Waals surface area contributed by atoms with Crippen molar-refractivity contribution in [1.82, 2.24) is 0 Å². The topological polar surface area (TPSA) is 20.3 Å². The summed E-state index contributed by atoms with van der Waals surface area (Å²) in [6.45, 7) is 4.40. The molecule has 1 aliphatic heterocycles. The average molecular weight is 434 g/mol. The minimum atomic E-state index is -0.213. The zero-order chi connectivity index (χ0) is 20.2. The standard InChI is InChI=1S/C24H19NOS3/c1-24(2)18-12-5-6-13-19(18)25(22-21(24)23(27)29-28-22)20(26)14-16-10-7-9-15-8-3-4-11-17(15)16/h3-13H,14H2,1-2H3. The van der Waals surface area contributed by atoms with E-state index in [4.69, 9.17) is 12.2 Å². The number of nitrogens with zero attached hydrogens (tertiary/aromatic N) is 1. The van der Waals surface area contributed by atoms with Gasteiger partial charge in [0.25, 0.3) is 0 Å². The van der Waals surface area contributed by atoms with E-state index in [1.54, 1.807) is 20.7 Å². The molecule has 4 aromatic rings. The van der Waals surface area contributed by atoms with Gasteiger partial charge < -0.3 is 0 Å². The molecule has 5 rings (SSSR count). The number of para-hydroxylation sites is 1. The fraction of sp³-hybridized carbons (Fsp3) is 0.167. The van der Waals surface area contributed by atoms with E-state index in [-0.39, 0.29) is 11.3 Å². The summed E-state index contributed by atoms with van der Waals surface area (Å²) in [7, 11) is 3.20. The third-order valence-electron chi connectivity index (χ3n) is 5.73. The van der Waals surface area contributed by atoms with Gasteiger partial charge in [0, 0.05) is 11.0 Å². The highest BCUT2D eigenvalue weighted by Gasteiger charge is 2.40. The van der Waals surface area contributed by atoms with E-state index in [0.29, 0.717) is 6.42 Å². The van der Waals surface area contributed by atoms with Crippen LogP contribution in [0.2, 0.25) is 0 Å². The molecule has 0 saturated carbocycles. The quantitative estimate of drug-likeness (QED) is 0.245. The summed E-state index contributed by atoms with van der Waals surface area (Å²) >= 11 is 5.67. The first kappa shape index (κ1) is 18.7. The van der Waals surface area contributed by atoms with Crippen LogP contribution >= 0.6 is 32.9 Å². The third-order valence-corrected chi connectivity index (χ3v) is 8.71. The largest absolute Gasteiger partial charge is 0.274 e. The number of hydrogen-bond acceptors (Lipinski definition) is 4. The van der Waals surface area contributed by atoms with Gasteiger partial charge in [-0.3, -0.25) is 9.69 Å². The summed E-state index contributed by atoms with van der Waals surface area (Å²) in [5, 5.41) is 3.27. The van der Waals surface area contributed by atoms with E-state index in [0.717, 1.165) is 42.0 Å². The molecule has 0 aliphatic carbocycles. The predicted octanol–water partition coefficient (Wildman–Crippen LogP) is 7.24. The highest BCUT2D eigenvalue weighted by molar-refractivity contribution is 7.80. The molecule has 0 fully saturated rings. The second kappa shape index (κ2) is 6.87. The molecule has 0 radical (unpaired) electrons. The fourth-order valence-electron chi connectivity index (χ4n) is 4.30.